The SMILES string of the molecule is CC.CCC.CCC.CCCCC(CC)CCC. The highest BCUT2D eigenvalue weighted by Crippen LogP contribution is 2.17. The number of hydrogen-bond acceptors (Lipinski definition) is 0. The number of rotatable bonds is 6. The molecule has 0 aromatic heterocycles. The van der Waals surface area contributed by atoms with E-state index in [0.29, 0.717) is 0 Å². The predicted octanol–water partition coefficient (Wildman–Crippen LogP) is 7.86. The largest absolute Gasteiger partial charge is 0.0683 e. The molecular weight excluding hydrogens is 216 g/mol. The summed E-state index contributed by atoms with van der Waals surface area (Å²) in [5.74, 6) is 1.02. The van der Waals surface area contributed by atoms with Crippen molar-refractivity contribution in [2.45, 2.75) is 114 Å². The molecule has 1 atom stereocenters. The molecule has 0 rings (SSSR count). The molecule has 0 nitrogen and oxygen atoms in total. The second-order valence-corrected chi connectivity index (χ2v) is 4.62. The van der Waals surface area contributed by atoms with Crippen LogP contribution in [0.25, 0.3) is 0 Å². The Morgan fingerprint density at radius 3 is 1.22 bits per heavy atom. The summed E-state index contributed by atoms with van der Waals surface area (Å²) in [7, 11) is 0. The maximum Gasteiger partial charge on any atom is -0.0417 e. The summed E-state index contributed by atoms with van der Waals surface area (Å²) in [6, 6.07) is 0. The summed E-state index contributed by atoms with van der Waals surface area (Å²) >= 11 is 0. The van der Waals surface area contributed by atoms with Crippen molar-refractivity contribution < 1.29 is 0 Å². The van der Waals surface area contributed by atoms with Crippen LogP contribution >= 0.6 is 0 Å². The fraction of sp³-hybridized carbons (Fsp3) is 1.00. The molecule has 0 fully saturated rings. The molecule has 18 heavy (non-hydrogen) atoms. The molecule has 0 bridgehead atoms. The van der Waals surface area contributed by atoms with Gasteiger partial charge in [-0.05, 0) is 5.92 Å². The van der Waals surface area contributed by atoms with Crippen molar-refractivity contribution in [2.75, 3.05) is 0 Å². The summed E-state index contributed by atoms with van der Waals surface area (Å²) < 4.78 is 0. The molecule has 0 saturated heterocycles. The van der Waals surface area contributed by atoms with Crippen LogP contribution in [0.15, 0.2) is 0 Å². The summed E-state index contributed by atoms with van der Waals surface area (Å²) in [6.07, 6.45) is 10.9. The van der Waals surface area contributed by atoms with E-state index in [1.165, 1.54) is 51.4 Å². The van der Waals surface area contributed by atoms with Gasteiger partial charge < -0.3 is 0 Å². The predicted molar refractivity (Wildman–Crippen MR) is 91.5 cm³/mol. The Bertz CT molecular complexity index is 74.1. The topological polar surface area (TPSA) is 0 Å². The van der Waals surface area contributed by atoms with E-state index in [0.717, 1.165) is 5.92 Å². The van der Waals surface area contributed by atoms with Crippen LogP contribution in [0.3, 0.4) is 0 Å². The lowest BCUT2D eigenvalue weighted by molar-refractivity contribution is 0.417. The van der Waals surface area contributed by atoms with E-state index in [-0.39, 0.29) is 0 Å². The maximum atomic E-state index is 2.32. The number of unbranched alkanes of at least 4 members (excludes halogenated alkanes) is 1. The van der Waals surface area contributed by atoms with Crippen molar-refractivity contribution >= 4 is 0 Å². The van der Waals surface area contributed by atoms with Crippen LogP contribution in [0.4, 0.5) is 0 Å². The molecule has 0 aromatic rings. The summed E-state index contributed by atoms with van der Waals surface area (Å²) in [5, 5.41) is 0. The highest BCUT2D eigenvalue weighted by Gasteiger charge is 2.02. The third-order valence-electron chi connectivity index (χ3n) is 2.24. The highest BCUT2D eigenvalue weighted by atomic mass is 14.1. The quantitative estimate of drug-likeness (QED) is 0.456. The van der Waals surface area contributed by atoms with Gasteiger partial charge in [-0.25, -0.2) is 0 Å². The average Bonchev–Trinajstić information content (AvgIpc) is 2.39. The van der Waals surface area contributed by atoms with E-state index < -0.39 is 0 Å². The normalized spacial score (nSPS) is 9.83. The monoisotopic (exact) mass is 260 g/mol. The zero-order chi connectivity index (χ0) is 15.2. The van der Waals surface area contributed by atoms with Crippen molar-refractivity contribution in [3.8, 4) is 0 Å². The first-order valence-corrected chi connectivity index (χ1v) is 8.67. The molecule has 0 aliphatic rings. The minimum absolute atomic E-state index is 1.02. The summed E-state index contributed by atoms with van der Waals surface area (Å²) in [5.41, 5.74) is 0. The second-order valence-electron chi connectivity index (χ2n) is 4.62. The van der Waals surface area contributed by atoms with Gasteiger partial charge in [0.25, 0.3) is 0 Å². The third-order valence-corrected chi connectivity index (χ3v) is 2.24. The summed E-state index contributed by atoms with van der Waals surface area (Å²) in [6.45, 7) is 19.4. The molecule has 0 aliphatic heterocycles. The Hall–Kier alpha value is 0. The Morgan fingerprint density at radius 1 is 0.611 bits per heavy atom. The van der Waals surface area contributed by atoms with Crippen LogP contribution in [0, 0.1) is 5.92 Å². The number of hydrogen-bond donors (Lipinski definition) is 0. The average molecular weight is 261 g/mol. The first-order valence-electron chi connectivity index (χ1n) is 8.67. The zero-order valence-corrected chi connectivity index (χ0v) is 15.2. The van der Waals surface area contributed by atoms with Gasteiger partial charge in [0, 0.05) is 0 Å². The van der Waals surface area contributed by atoms with Gasteiger partial charge in [-0.2, -0.15) is 0 Å². The lowest BCUT2D eigenvalue weighted by atomic mass is 9.95. The van der Waals surface area contributed by atoms with Crippen LogP contribution in [-0.2, 0) is 0 Å². The molecule has 116 valence electrons. The fourth-order valence-electron chi connectivity index (χ4n) is 1.45. The molecule has 0 aliphatic carbocycles. The smallest absolute Gasteiger partial charge is 0.0417 e. The lowest BCUT2D eigenvalue weighted by Crippen LogP contribution is -1.97. The van der Waals surface area contributed by atoms with Crippen molar-refractivity contribution in [1.82, 2.24) is 0 Å². The molecule has 0 heterocycles. The Labute approximate surface area is 120 Å². The van der Waals surface area contributed by atoms with Gasteiger partial charge in [-0.1, -0.05) is 114 Å². The molecule has 0 N–H and O–H groups in total. The molecule has 0 amide bonds. The molecule has 0 saturated carbocycles. The van der Waals surface area contributed by atoms with Gasteiger partial charge in [0.05, 0.1) is 0 Å². The molecule has 0 heteroatoms. The third kappa shape index (κ3) is 44.4. The van der Waals surface area contributed by atoms with E-state index in [9.17, 15) is 0 Å². The van der Waals surface area contributed by atoms with Crippen molar-refractivity contribution in [3.05, 3.63) is 0 Å². The van der Waals surface area contributed by atoms with Crippen molar-refractivity contribution in [1.29, 1.82) is 0 Å². The van der Waals surface area contributed by atoms with Crippen molar-refractivity contribution in [3.63, 3.8) is 0 Å². The lowest BCUT2D eigenvalue weighted by Gasteiger charge is -2.11. The highest BCUT2D eigenvalue weighted by molar-refractivity contribution is 4.55. The van der Waals surface area contributed by atoms with Crippen LogP contribution in [-0.4, -0.2) is 0 Å². The molecule has 1 unspecified atom stereocenters. The standard InChI is InChI=1S/C10H22.2C3H8.C2H6/c1-4-7-9-10(6-3)8-5-2;2*1-3-2;1-2/h10H,4-9H2,1-3H3;2*3H2,1-2H3;1-2H3. The van der Waals surface area contributed by atoms with Gasteiger partial charge >= 0.3 is 0 Å². The van der Waals surface area contributed by atoms with Crippen LogP contribution in [0.5, 0.6) is 0 Å². The first kappa shape index (κ1) is 26.5. The van der Waals surface area contributed by atoms with E-state index in [4.69, 9.17) is 0 Å². The van der Waals surface area contributed by atoms with Crippen LogP contribution in [0.1, 0.15) is 114 Å². The Morgan fingerprint density at radius 2 is 1.00 bits per heavy atom. The van der Waals surface area contributed by atoms with Gasteiger partial charge in [-0.3, -0.25) is 0 Å². The van der Waals surface area contributed by atoms with E-state index in [1.54, 1.807) is 0 Å². The van der Waals surface area contributed by atoms with E-state index in [2.05, 4.69) is 48.5 Å². The van der Waals surface area contributed by atoms with Gasteiger partial charge in [0.15, 0.2) is 0 Å². The summed E-state index contributed by atoms with van der Waals surface area (Å²) in [4.78, 5) is 0. The van der Waals surface area contributed by atoms with Gasteiger partial charge in [0.1, 0.15) is 0 Å². The first-order chi connectivity index (χ1) is 8.67. The zero-order valence-electron chi connectivity index (χ0n) is 15.2. The minimum atomic E-state index is 1.02. The molecule has 0 spiro atoms. The fourth-order valence-corrected chi connectivity index (χ4v) is 1.45. The van der Waals surface area contributed by atoms with Gasteiger partial charge in [-0.15, -0.1) is 0 Å². The second kappa shape index (κ2) is 36.0. The maximum absolute atomic E-state index is 2.32. The minimum Gasteiger partial charge on any atom is -0.0683 e. The Balaban J connectivity index is -0.000000102. The Kier molecular flexibility index (Phi) is 53.0. The van der Waals surface area contributed by atoms with Crippen LogP contribution < -0.4 is 0 Å². The molecular formula is C18H44. The van der Waals surface area contributed by atoms with E-state index >= 15 is 0 Å². The van der Waals surface area contributed by atoms with Crippen LogP contribution in [0.2, 0.25) is 0 Å². The van der Waals surface area contributed by atoms with Crippen molar-refractivity contribution in [2.24, 2.45) is 5.92 Å². The van der Waals surface area contributed by atoms with E-state index in [1.807, 2.05) is 13.8 Å². The molecule has 0 aromatic carbocycles. The molecule has 0 radical (unpaired) electrons. The van der Waals surface area contributed by atoms with Gasteiger partial charge in [0.2, 0.25) is 0 Å².